The van der Waals surface area contributed by atoms with Crippen molar-refractivity contribution in [3.05, 3.63) is 0 Å². The molecule has 2 atom stereocenters. The van der Waals surface area contributed by atoms with Crippen molar-refractivity contribution in [3.63, 3.8) is 0 Å². The van der Waals surface area contributed by atoms with Crippen LogP contribution in [0.4, 0.5) is 0 Å². The summed E-state index contributed by atoms with van der Waals surface area (Å²) >= 11 is 0. The van der Waals surface area contributed by atoms with Crippen LogP contribution in [0.5, 0.6) is 0 Å². The topological polar surface area (TPSA) is 111 Å². The molecule has 37 heavy (non-hydrogen) atoms. The van der Waals surface area contributed by atoms with Crippen LogP contribution in [0.15, 0.2) is 0 Å². The molecule has 0 aliphatic heterocycles. The number of esters is 1. The minimum atomic E-state index is -4.55. The molecule has 0 aromatic carbocycles. The van der Waals surface area contributed by atoms with Crippen LogP contribution >= 0.6 is 7.82 Å². The molecule has 0 fully saturated rings. The van der Waals surface area contributed by atoms with Crippen LogP contribution in [0.3, 0.4) is 0 Å². The van der Waals surface area contributed by atoms with E-state index < -0.39 is 26.5 Å². The van der Waals surface area contributed by atoms with Gasteiger partial charge in [-0.2, -0.15) is 0 Å². The molecule has 0 spiro atoms. The molecular weight excluding hydrogens is 497 g/mol. The molecule has 0 aromatic rings. The summed E-state index contributed by atoms with van der Waals surface area (Å²) in [5, 5.41) is 0. The Bertz CT molecular complexity index is 612. The Kier molecular flexibility index (Phi) is 22.3. The molecule has 0 rings (SSSR count). The Morgan fingerprint density at radius 3 is 1.76 bits per heavy atom. The van der Waals surface area contributed by atoms with Gasteiger partial charge < -0.3 is 27.9 Å². The number of hydrogen-bond donors (Lipinski definition) is 0. The summed E-state index contributed by atoms with van der Waals surface area (Å²) in [7, 11) is 1.17. The van der Waals surface area contributed by atoms with Crippen LogP contribution in [-0.4, -0.2) is 70.5 Å². The van der Waals surface area contributed by atoms with Crippen LogP contribution in [0.1, 0.15) is 110 Å². The number of carbonyl (C=O) groups is 2. The Hall–Kier alpha value is -0.990. The Morgan fingerprint density at radius 1 is 0.811 bits per heavy atom. The van der Waals surface area contributed by atoms with E-state index in [4.69, 9.17) is 18.5 Å². The molecule has 0 aromatic heterocycles. The van der Waals surface area contributed by atoms with Crippen LogP contribution in [0, 0.1) is 0 Å². The van der Waals surface area contributed by atoms with Gasteiger partial charge in [0.05, 0.1) is 27.7 Å². The molecule has 0 radical (unpaired) electrons. The van der Waals surface area contributed by atoms with Gasteiger partial charge >= 0.3 is 5.97 Å². The fraction of sp³-hybridized carbons (Fsp3) is 0.926. The number of unbranched alkanes of at least 4 members (excludes halogenated alkanes) is 14. The van der Waals surface area contributed by atoms with Crippen molar-refractivity contribution in [3.8, 4) is 0 Å². The predicted octanol–water partition coefficient (Wildman–Crippen LogP) is 5.54. The second-order valence-corrected chi connectivity index (χ2v) is 12.2. The number of likely N-dealkylation sites (N-methyl/N-ethyl adjacent to an activating group) is 1. The molecule has 0 aliphatic rings. The average molecular weight is 552 g/mol. The zero-order valence-electron chi connectivity index (χ0n) is 24.0. The lowest BCUT2D eigenvalue weighted by Crippen LogP contribution is -2.37. The summed E-state index contributed by atoms with van der Waals surface area (Å²) in [6, 6.07) is 0. The van der Waals surface area contributed by atoms with Crippen molar-refractivity contribution < 1.29 is 42.1 Å². The molecule has 0 bridgehead atoms. The van der Waals surface area contributed by atoms with E-state index in [1.165, 1.54) is 77.0 Å². The number of nitrogens with zero attached hydrogens (tertiary/aromatic N) is 1. The van der Waals surface area contributed by atoms with Gasteiger partial charge in [0, 0.05) is 6.42 Å². The molecule has 220 valence electrons. The molecule has 0 saturated heterocycles. The average Bonchev–Trinajstić information content (AvgIpc) is 2.82. The Morgan fingerprint density at radius 2 is 1.30 bits per heavy atom. The summed E-state index contributed by atoms with van der Waals surface area (Å²) in [4.78, 5) is 34.5. The minimum absolute atomic E-state index is 0.0300. The number of phosphoric acid groups is 1. The summed E-state index contributed by atoms with van der Waals surface area (Å²) in [6.07, 6.45) is 18.0. The summed E-state index contributed by atoms with van der Waals surface area (Å²) in [5.41, 5.74) is 0. The zero-order valence-corrected chi connectivity index (χ0v) is 24.9. The molecule has 0 amide bonds. The van der Waals surface area contributed by atoms with Crippen LogP contribution in [0.2, 0.25) is 0 Å². The minimum Gasteiger partial charge on any atom is -0.756 e. The molecule has 1 unspecified atom stereocenters. The van der Waals surface area contributed by atoms with Gasteiger partial charge in [-0.1, -0.05) is 96.8 Å². The third-order valence-corrected chi connectivity index (χ3v) is 7.06. The maximum Gasteiger partial charge on any atom is 0.305 e. The quantitative estimate of drug-likeness (QED) is 0.0430. The fourth-order valence-corrected chi connectivity index (χ4v) is 4.47. The van der Waals surface area contributed by atoms with Crippen molar-refractivity contribution >= 4 is 20.3 Å². The lowest BCUT2D eigenvalue weighted by molar-refractivity contribution is -0.870. The second kappa shape index (κ2) is 22.9. The molecule has 0 aliphatic carbocycles. The van der Waals surface area contributed by atoms with Crippen LogP contribution < -0.4 is 4.89 Å². The SMILES string of the molecule is CCCCCCCCCCCCCCCCCC(=O)OC[C@H](COP(=O)([O-])OCC[N+](C)(C)C)OC=O. The third kappa shape index (κ3) is 26.4. The number of quaternary nitrogens is 1. The first-order chi connectivity index (χ1) is 17.6. The van der Waals surface area contributed by atoms with Gasteiger partial charge in [0.25, 0.3) is 14.3 Å². The zero-order chi connectivity index (χ0) is 27.8. The van der Waals surface area contributed by atoms with E-state index in [2.05, 4.69) is 6.92 Å². The van der Waals surface area contributed by atoms with E-state index in [1.807, 2.05) is 21.1 Å². The first-order valence-corrected chi connectivity index (χ1v) is 15.7. The van der Waals surface area contributed by atoms with Crippen LogP contribution in [0.25, 0.3) is 0 Å². The van der Waals surface area contributed by atoms with Crippen LogP contribution in [-0.2, 0) is 32.7 Å². The summed E-state index contributed by atoms with van der Waals surface area (Å²) < 4.78 is 31.9. The monoisotopic (exact) mass is 551 g/mol. The Labute approximate surface area is 225 Å². The number of ether oxygens (including phenoxy) is 2. The van der Waals surface area contributed by atoms with Gasteiger partial charge in [-0.25, -0.2) is 0 Å². The van der Waals surface area contributed by atoms with E-state index in [0.717, 1.165) is 19.3 Å². The first-order valence-electron chi connectivity index (χ1n) is 14.2. The van der Waals surface area contributed by atoms with E-state index in [9.17, 15) is 19.0 Å². The standard InChI is InChI=1S/C27H54NO8P/c1-5-6-7-8-9-10-11-12-13-14-15-16-17-18-19-20-27(30)33-23-26(34-25-29)24-36-37(31,32)35-22-21-28(2,3)4/h25-26H,5-24H2,1-4H3/t26-/m1/s1. The molecular formula is C27H54NO8P. The van der Waals surface area contributed by atoms with Crippen molar-refractivity contribution in [1.29, 1.82) is 0 Å². The molecule has 10 heteroatoms. The van der Waals surface area contributed by atoms with Gasteiger partial charge in [0.15, 0.2) is 6.10 Å². The largest absolute Gasteiger partial charge is 0.756 e. The normalized spacial score (nSPS) is 14.2. The number of hydrogen-bond acceptors (Lipinski definition) is 8. The lowest BCUT2D eigenvalue weighted by Gasteiger charge is -2.28. The molecule has 0 heterocycles. The number of phosphoric ester groups is 1. The molecule has 9 nitrogen and oxygen atoms in total. The molecule has 0 saturated carbocycles. The van der Waals surface area contributed by atoms with Gasteiger partial charge in [-0.05, 0) is 6.42 Å². The van der Waals surface area contributed by atoms with Crippen molar-refractivity contribution in [2.24, 2.45) is 0 Å². The van der Waals surface area contributed by atoms with Gasteiger partial charge in [0.2, 0.25) is 0 Å². The summed E-state index contributed by atoms with van der Waals surface area (Å²) in [6.45, 7) is 2.12. The highest BCUT2D eigenvalue weighted by Gasteiger charge is 2.19. The maximum atomic E-state index is 12.0. The Balaban J connectivity index is 3.76. The predicted molar refractivity (Wildman–Crippen MR) is 144 cm³/mol. The van der Waals surface area contributed by atoms with E-state index in [1.54, 1.807) is 0 Å². The first kappa shape index (κ1) is 36.0. The highest BCUT2D eigenvalue weighted by atomic mass is 31.2. The fourth-order valence-electron chi connectivity index (χ4n) is 3.74. The second-order valence-electron chi connectivity index (χ2n) is 10.8. The van der Waals surface area contributed by atoms with Crippen molar-refractivity contribution in [1.82, 2.24) is 0 Å². The van der Waals surface area contributed by atoms with E-state index in [0.29, 0.717) is 11.0 Å². The van der Waals surface area contributed by atoms with E-state index >= 15 is 0 Å². The van der Waals surface area contributed by atoms with Gasteiger partial charge in [-0.15, -0.1) is 0 Å². The maximum absolute atomic E-state index is 12.0. The number of carbonyl (C=O) groups excluding carboxylic acids is 2. The summed E-state index contributed by atoms with van der Waals surface area (Å²) in [5.74, 6) is -0.404. The van der Waals surface area contributed by atoms with Crippen molar-refractivity contribution in [2.75, 3.05) is 47.5 Å². The smallest absolute Gasteiger partial charge is 0.305 e. The highest BCUT2D eigenvalue weighted by Crippen LogP contribution is 2.38. The number of rotatable bonds is 27. The van der Waals surface area contributed by atoms with Gasteiger partial charge in [-0.3, -0.25) is 14.2 Å². The van der Waals surface area contributed by atoms with Gasteiger partial charge in [0.1, 0.15) is 19.8 Å². The van der Waals surface area contributed by atoms with Crippen molar-refractivity contribution in [2.45, 2.75) is 116 Å². The third-order valence-electron chi connectivity index (χ3n) is 6.09. The highest BCUT2D eigenvalue weighted by molar-refractivity contribution is 7.45. The van der Waals surface area contributed by atoms with E-state index in [-0.39, 0.29) is 26.1 Å². The molecule has 0 N–H and O–H groups in total. The lowest BCUT2D eigenvalue weighted by atomic mass is 10.0.